The van der Waals surface area contributed by atoms with E-state index in [1.54, 1.807) is 24.3 Å². The zero-order chi connectivity index (χ0) is 17.0. The Hall–Kier alpha value is -2.95. The summed E-state index contributed by atoms with van der Waals surface area (Å²) in [5.74, 6) is 0.191. The molecule has 0 bridgehead atoms. The molecule has 0 fully saturated rings. The van der Waals surface area contributed by atoms with Gasteiger partial charge in [0.05, 0.1) is 29.1 Å². The quantitative estimate of drug-likeness (QED) is 0.723. The number of hydrogen-bond acceptors (Lipinski definition) is 4. The van der Waals surface area contributed by atoms with Crippen LogP contribution in [-0.4, -0.2) is 30.9 Å². The predicted molar refractivity (Wildman–Crippen MR) is 98.1 cm³/mol. The van der Waals surface area contributed by atoms with Crippen LogP contribution in [0.2, 0.25) is 0 Å². The Morgan fingerprint density at radius 3 is 2.33 bits per heavy atom. The molecule has 0 radical (unpaired) electrons. The number of aryl methyl sites for hydroxylation is 1. The van der Waals surface area contributed by atoms with Crippen LogP contribution < -0.4 is 15.4 Å². The standard InChI is InChI=1S/C19H19N3O2/c1-11-14-8-16-17(22(3)10-21(16)2)9-15(14)20-19(24)18(11)12-4-6-13(23)7-5-12/h4-9,23H,10H2,1-3H3,(H,20,24). The summed E-state index contributed by atoms with van der Waals surface area (Å²) in [4.78, 5) is 20.0. The molecule has 1 aromatic heterocycles. The van der Waals surface area contributed by atoms with E-state index in [1.807, 2.05) is 20.0 Å². The van der Waals surface area contributed by atoms with Crippen molar-refractivity contribution in [1.29, 1.82) is 0 Å². The fourth-order valence-corrected chi connectivity index (χ4v) is 3.54. The molecule has 24 heavy (non-hydrogen) atoms. The van der Waals surface area contributed by atoms with Gasteiger partial charge in [0.15, 0.2) is 0 Å². The summed E-state index contributed by atoms with van der Waals surface area (Å²) in [6.07, 6.45) is 0. The van der Waals surface area contributed by atoms with Crippen LogP contribution in [0.15, 0.2) is 41.2 Å². The smallest absolute Gasteiger partial charge is 0.256 e. The normalized spacial score (nSPS) is 13.6. The Morgan fingerprint density at radius 1 is 1.04 bits per heavy atom. The van der Waals surface area contributed by atoms with E-state index in [-0.39, 0.29) is 11.3 Å². The summed E-state index contributed by atoms with van der Waals surface area (Å²) in [6.45, 7) is 2.81. The van der Waals surface area contributed by atoms with Crippen LogP contribution in [0.4, 0.5) is 11.4 Å². The summed E-state index contributed by atoms with van der Waals surface area (Å²) in [5, 5.41) is 10.5. The zero-order valence-electron chi connectivity index (χ0n) is 13.9. The Kier molecular flexibility index (Phi) is 3.06. The fourth-order valence-electron chi connectivity index (χ4n) is 3.54. The first-order valence-electron chi connectivity index (χ1n) is 7.88. The van der Waals surface area contributed by atoms with E-state index < -0.39 is 0 Å². The van der Waals surface area contributed by atoms with Gasteiger partial charge in [0.25, 0.3) is 5.56 Å². The molecule has 2 N–H and O–H groups in total. The topological polar surface area (TPSA) is 59.6 Å². The van der Waals surface area contributed by atoms with Crippen LogP contribution >= 0.6 is 0 Å². The molecule has 0 saturated carbocycles. The van der Waals surface area contributed by atoms with Crippen molar-refractivity contribution in [2.24, 2.45) is 0 Å². The molecule has 2 heterocycles. The second-order valence-corrected chi connectivity index (χ2v) is 6.42. The van der Waals surface area contributed by atoms with Crippen LogP contribution in [0.5, 0.6) is 5.75 Å². The first-order valence-corrected chi connectivity index (χ1v) is 7.88. The maximum atomic E-state index is 12.6. The lowest BCUT2D eigenvalue weighted by Gasteiger charge is -2.13. The molecule has 0 unspecified atom stereocenters. The molecule has 4 rings (SSSR count). The Morgan fingerprint density at radius 2 is 1.67 bits per heavy atom. The van der Waals surface area contributed by atoms with Crippen molar-refractivity contribution in [3.63, 3.8) is 0 Å². The molecule has 1 aliphatic rings. The Bertz CT molecular complexity index is 1010. The van der Waals surface area contributed by atoms with E-state index in [2.05, 4.69) is 27.9 Å². The SMILES string of the molecule is Cc1c(-c2ccc(O)cc2)c(=O)[nH]c2cc3c(cc12)N(C)CN3C. The minimum Gasteiger partial charge on any atom is -0.508 e. The number of aromatic hydroxyl groups is 1. The van der Waals surface area contributed by atoms with E-state index in [0.29, 0.717) is 5.56 Å². The third kappa shape index (κ3) is 2.05. The lowest BCUT2D eigenvalue weighted by atomic mass is 9.98. The molecule has 0 saturated heterocycles. The number of anilines is 2. The van der Waals surface area contributed by atoms with Gasteiger partial charge in [-0.2, -0.15) is 0 Å². The predicted octanol–water partition coefficient (Wildman–Crippen LogP) is 3.05. The number of aromatic amines is 1. The lowest BCUT2D eigenvalue weighted by Crippen LogP contribution is -2.23. The number of aromatic nitrogens is 1. The van der Waals surface area contributed by atoms with Crippen LogP contribution in [0.25, 0.3) is 22.0 Å². The van der Waals surface area contributed by atoms with Crippen molar-refractivity contribution in [2.75, 3.05) is 30.6 Å². The van der Waals surface area contributed by atoms with Gasteiger partial charge in [-0.1, -0.05) is 12.1 Å². The van der Waals surface area contributed by atoms with Crippen molar-refractivity contribution in [1.82, 2.24) is 4.98 Å². The molecule has 2 aromatic carbocycles. The molecule has 0 atom stereocenters. The van der Waals surface area contributed by atoms with Crippen LogP contribution in [-0.2, 0) is 0 Å². The largest absolute Gasteiger partial charge is 0.508 e. The molecule has 0 amide bonds. The highest BCUT2D eigenvalue weighted by molar-refractivity contribution is 5.96. The van der Waals surface area contributed by atoms with Gasteiger partial charge in [0.2, 0.25) is 0 Å². The summed E-state index contributed by atoms with van der Waals surface area (Å²) in [6, 6.07) is 10.9. The summed E-state index contributed by atoms with van der Waals surface area (Å²) < 4.78 is 0. The number of rotatable bonds is 1. The van der Waals surface area contributed by atoms with E-state index in [9.17, 15) is 9.90 Å². The number of phenols is 1. The molecular formula is C19H19N3O2. The molecule has 5 nitrogen and oxygen atoms in total. The van der Waals surface area contributed by atoms with Crippen molar-refractivity contribution in [3.05, 3.63) is 52.3 Å². The van der Waals surface area contributed by atoms with Crippen molar-refractivity contribution in [3.8, 4) is 16.9 Å². The average molecular weight is 321 g/mol. The highest BCUT2D eigenvalue weighted by atomic mass is 16.3. The number of benzene rings is 2. The maximum Gasteiger partial charge on any atom is 0.256 e. The van der Waals surface area contributed by atoms with Crippen molar-refractivity contribution in [2.45, 2.75) is 6.92 Å². The van der Waals surface area contributed by atoms with Crippen molar-refractivity contribution >= 4 is 22.3 Å². The van der Waals surface area contributed by atoms with Gasteiger partial charge in [0, 0.05) is 19.5 Å². The molecule has 0 aliphatic carbocycles. The van der Waals surface area contributed by atoms with E-state index in [0.717, 1.165) is 40.1 Å². The van der Waals surface area contributed by atoms with Gasteiger partial charge in [-0.25, -0.2) is 0 Å². The van der Waals surface area contributed by atoms with E-state index in [4.69, 9.17) is 0 Å². The maximum absolute atomic E-state index is 12.6. The molecule has 3 aromatic rings. The third-order valence-electron chi connectivity index (χ3n) is 4.77. The van der Waals surface area contributed by atoms with E-state index >= 15 is 0 Å². The minimum atomic E-state index is -0.111. The average Bonchev–Trinajstić information content (AvgIpc) is 2.82. The number of fused-ring (bicyclic) bond motifs is 2. The first kappa shape index (κ1) is 14.6. The van der Waals surface area contributed by atoms with Crippen LogP contribution in [0.3, 0.4) is 0 Å². The second kappa shape index (κ2) is 5.03. The number of hydrogen-bond donors (Lipinski definition) is 2. The summed E-state index contributed by atoms with van der Waals surface area (Å²) in [7, 11) is 4.11. The van der Waals surface area contributed by atoms with E-state index in [1.165, 1.54) is 0 Å². The van der Waals surface area contributed by atoms with Gasteiger partial charge in [-0.05, 0) is 42.3 Å². The lowest BCUT2D eigenvalue weighted by molar-refractivity contribution is 0.475. The van der Waals surface area contributed by atoms with Crippen LogP contribution in [0.1, 0.15) is 5.56 Å². The number of nitrogens with zero attached hydrogens (tertiary/aromatic N) is 2. The molecule has 0 spiro atoms. The fraction of sp³-hybridized carbons (Fsp3) is 0.211. The van der Waals surface area contributed by atoms with Gasteiger partial charge < -0.3 is 19.9 Å². The number of H-pyrrole nitrogens is 1. The Labute approximate surface area is 139 Å². The number of pyridine rings is 1. The summed E-state index contributed by atoms with van der Waals surface area (Å²) >= 11 is 0. The van der Waals surface area contributed by atoms with Gasteiger partial charge in [-0.3, -0.25) is 4.79 Å². The zero-order valence-corrected chi connectivity index (χ0v) is 13.9. The van der Waals surface area contributed by atoms with Gasteiger partial charge in [-0.15, -0.1) is 0 Å². The molecule has 122 valence electrons. The first-order chi connectivity index (χ1) is 11.5. The minimum absolute atomic E-state index is 0.111. The van der Waals surface area contributed by atoms with Crippen molar-refractivity contribution < 1.29 is 5.11 Å². The number of phenolic OH excluding ortho intramolecular Hbond substituents is 1. The molecule has 1 aliphatic heterocycles. The Balaban J connectivity index is 2.01. The molecule has 5 heteroatoms. The number of nitrogens with one attached hydrogen (secondary N) is 1. The highest BCUT2D eigenvalue weighted by Gasteiger charge is 2.22. The summed E-state index contributed by atoms with van der Waals surface area (Å²) in [5.41, 5.74) is 5.43. The van der Waals surface area contributed by atoms with Crippen LogP contribution in [0, 0.1) is 6.92 Å². The molecular weight excluding hydrogens is 302 g/mol. The monoisotopic (exact) mass is 321 g/mol. The van der Waals surface area contributed by atoms with Gasteiger partial charge in [0.1, 0.15) is 5.75 Å². The second-order valence-electron chi connectivity index (χ2n) is 6.42. The van der Waals surface area contributed by atoms with Gasteiger partial charge >= 0.3 is 0 Å². The third-order valence-corrected chi connectivity index (χ3v) is 4.77. The highest BCUT2D eigenvalue weighted by Crippen LogP contribution is 2.38.